The first kappa shape index (κ1) is 16.4. The van der Waals surface area contributed by atoms with Crippen LogP contribution < -0.4 is 11.5 Å². The molecule has 4 aromatic rings. The number of para-hydroxylation sites is 4. The highest BCUT2D eigenvalue weighted by Gasteiger charge is 2.08. The van der Waals surface area contributed by atoms with Crippen molar-refractivity contribution >= 4 is 34.0 Å². The maximum absolute atomic E-state index is 6.06. The third-order valence-electron chi connectivity index (χ3n) is 4.88. The fourth-order valence-electron chi connectivity index (χ4n) is 3.55. The Morgan fingerprint density at radius 2 is 1.04 bits per heavy atom. The fraction of sp³-hybridized carbons (Fsp3) is 0.300. The molecule has 0 amide bonds. The fourth-order valence-corrected chi connectivity index (χ4v) is 3.55. The molecular formula is C20H24N6. The summed E-state index contributed by atoms with van der Waals surface area (Å²) in [6.07, 6.45) is 4.48. The number of nitrogen functional groups attached to an aromatic ring is 2. The maximum Gasteiger partial charge on any atom is 0.201 e. The van der Waals surface area contributed by atoms with E-state index >= 15 is 0 Å². The predicted molar refractivity (Wildman–Crippen MR) is 107 cm³/mol. The second kappa shape index (κ2) is 7.07. The SMILES string of the molecule is Nc1nc2ccccc2n1CCCCCCn1c(N)nc2ccccc21. The van der Waals surface area contributed by atoms with Gasteiger partial charge < -0.3 is 20.6 Å². The number of rotatable bonds is 7. The highest BCUT2D eigenvalue weighted by molar-refractivity contribution is 5.78. The van der Waals surface area contributed by atoms with E-state index in [2.05, 4.69) is 31.2 Å². The lowest BCUT2D eigenvalue weighted by atomic mass is 10.2. The summed E-state index contributed by atoms with van der Waals surface area (Å²) >= 11 is 0. The van der Waals surface area contributed by atoms with Crippen LogP contribution in [0, 0.1) is 0 Å². The molecule has 0 bridgehead atoms. The van der Waals surface area contributed by atoms with E-state index in [1.54, 1.807) is 0 Å². The van der Waals surface area contributed by atoms with Gasteiger partial charge in [-0.3, -0.25) is 0 Å². The molecule has 2 heterocycles. The molecule has 0 saturated carbocycles. The van der Waals surface area contributed by atoms with E-state index in [-0.39, 0.29) is 0 Å². The topological polar surface area (TPSA) is 87.7 Å². The van der Waals surface area contributed by atoms with Gasteiger partial charge in [-0.15, -0.1) is 0 Å². The normalized spacial score (nSPS) is 11.5. The van der Waals surface area contributed by atoms with Crippen molar-refractivity contribution in [3.8, 4) is 0 Å². The molecule has 6 nitrogen and oxygen atoms in total. The summed E-state index contributed by atoms with van der Waals surface area (Å²) in [5, 5.41) is 0. The molecule has 4 N–H and O–H groups in total. The van der Waals surface area contributed by atoms with Crippen LogP contribution in [-0.2, 0) is 13.1 Å². The van der Waals surface area contributed by atoms with Crippen molar-refractivity contribution in [2.24, 2.45) is 0 Å². The highest BCUT2D eigenvalue weighted by Crippen LogP contribution is 2.20. The molecule has 26 heavy (non-hydrogen) atoms. The Morgan fingerprint density at radius 1 is 0.615 bits per heavy atom. The zero-order valence-electron chi connectivity index (χ0n) is 14.8. The van der Waals surface area contributed by atoms with E-state index in [0.717, 1.165) is 60.8 Å². The van der Waals surface area contributed by atoms with Crippen LogP contribution >= 0.6 is 0 Å². The number of aromatic nitrogens is 4. The lowest BCUT2D eigenvalue weighted by Crippen LogP contribution is -2.05. The third-order valence-corrected chi connectivity index (χ3v) is 4.88. The molecule has 0 saturated heterocycles. The zero-order valence-corrected chi connectivity index (χ0v) is 14.8. The summed E-state index contributed by atoms with van der Waals surface area (Å²) in [6, 6.07) is 16.2. The van der Waals surface area contributed by atoms with Gasteiger partial charge in [0.05, 0.1) is 22.1 Å². The van der Waals surface area contributed by atoms with E-state index in [1.165, 1.54) is 0 Å². The minimum atomic E-state index is 0.601. The number of imidazole rings is 2. The predicted octanol–water partition coefficient (Wildman–Crippen LogP) is 3.81. The summed E-state index contributed by atoms with van der Waals surface area (Å²) < 4.78 is 4.22. The van der Waals surface area contributed by atoms with Gasteiger partial charge in [-0.25, -0.2) is 9.97 Å². The van der Waals surface area contributed by atoms with E-state index in [1.807, 2.05) is 36.4 Å². The number of unbranched alkanes of at least 4 members (excludes halogenated alkanes) is 3. The number of anilines is 2. The Morgan fingerprint density at radius 3 is 1.50 bits per heavy atom. The maximum atomic E-state index is 6.06. The van der Waals surface area contributed by atoms with E-state index in [0.29, 0.717) is 11.9 Å². The van der Waals surface area contributed by atoms with Crippen molar-refractivity contribution in [3.63, 3.8) is 0 Å². The minimum Gasteiger partial charge on any atom is -0.369 e. The molecule has 2 aromatic carbocycles. The van der Waals surface area contributed by atoms with Gasteiger partial charge in [-0.05, 0) is 37.1 Å². The molecule has 2 aromatic heterocycles. The van der Waals surface area contributed by atoms with Gasteiger partial charge in [0.15, 0.2) is 0 Å². The number of nitrogens with zero attached hydrogens (tertiary/aromatic N) is 4. The minimum absolute atomic E-state index is 0.601. The van der Waals surface area contributed by atoms with Gasteiger partial charge in [-0.2, -0.15) is 0 Å². The molecule has 0 aliphatic carbocycles. The van der Waals surface area contributed by atoms with Gasteiger partial charge in [0.2, 0.25) is 11.9 Å². The molecule has 6 heteroatoms. The molecule has 0 spiro atoms. The van der Waals surface area contributed by atoms with Crippen LogP contribution in [0.1, 0.15) is 25.7 Å². The first-order valence-electron chi connectivity index (χ1n) is 9.15. The first-order valence-corrected chi connectivity index (χ1v) is 9.15. The van der Waals surface area contributed by atoms with Crippen LogP contribution in [0.15, 0.2) is 48.5 Å². The standard InChI is InChI=1S/C20H24N6/c21-19-23-15-9-3-5-11-17(15)25(19)13-7-1-2-8-14-26-18-12-6-4-10-16(18)24-20(26)22/h3-6,9-12H,1-2,7-8,13-14H2,(H2,21,23)(H2,22,24). The van der Waals surface area contributed by atoms with Crippen molar-refractivity contribution < 1.29 is 0 Å². The van der Waals surface area contributed by atoms with E-state index < -0.39 is 0 Å². The summed E-state index contributed by atoms with van der Waals surface area (Å²) in [5.41, 5.74) is 16.3. The number of hydrogen-bond donors (Lipinski definition) is 2. The smallest absolute Gasteiger partial charge is 0.201 e. The Balaban J connectivity index is 1.29. The average molecular weight is 348 g/mol. The number of nitrogens with two attached hydrogens (primary N) is 2. The van der Waals surface area contributed by atoms with Crippen LogP contribution in [0.2, 0.25) is 0 Å². The van der Waals surface area contributed by atoms with Gasteiger partial charge in [-0.1, -0.05) is 37.1 Å². The van der Waals surface area contributed by atoms with Crippen molar-refractivity contribution in [2.45, 2.75) is 38.8 Å². The first-order chi connectivity index (χ1) is 12.7. The van der Waals surface area contributed by atoms with Crippen LogP contribution in [0.3, 0.4) is 0 Å². The van der Waals surface area contributed by atoms with Crippen LogP contribution in [0.5, 0.6) is 0 Å². The number of benzene rings is 2. The highest BCUT2D eigenvalue weighted by atomic mass is 15.2. The Bertz CT molecular complexity index is 945. The van der Waals surface area contributed by atoms with Gasteiger partial charge in [0.25, 0.3) is 0 Å². The molecule has 0 aliphatic heterocycles. The van der Waals surface area contributed by atoms with Crippen molar-refractivity contribution in [1.29, 1.82) is 0 Å². The Kier molecular flexibility index (Phi) is 4.48. The largest absolute Gasteiger partial charge is 0.369 e. The zero-order chi connectivity index (χ0) is 17.9. The molecule has 0 atom stereocenters. The third kappa shape index (κ3) is 3.10. The molecule has 0 radical (unpaired) electrons. The van der Waals surface area contributed by atoms with Crippen molar-refractivity contribution in [1.82, 2.24) is 19.1 Å². The molecule has 0 unspecified atom stereocenters. The van der Waals surface area contributed by atoms with E-state index in [9.17, 15) is 0 Å². The Labute approximate surface area is 152 Å². The summed E-state index contributed by atoms with van der Waals surface area (Å²) in [5.74, 6) is 1.20. The monoisotopic (exact) mass is 348 g/mol. The second-order valence-electron chi connectivity index (χ2n) is 6.63. The lowest BCUT2D eigenvalue weighted by Gasteiger charge is -2.08. The molecular weight excluding hydrogens is 324 g/mol. The number of hydrogen-bond acceptors (Lipinski definition) is 4. The van der Waals surface area contributed by atoms with Gasteiger partial charge in [0, 0.05) is 13.1 Å². The molecule has 0 fully saturated rings. The van der Waals surface area contributed by atoms with Crippen LogP contribution in [-0.4, -0.2) is 19.1 Å². The second-order valence-corrected chi connectivity index (χ2v) is 6.63. The van der Waals surface area contributed by atoms with Crippen LogP contribution in [0.4, 0.5) is 11.9 Å². The van der Waals surface area contributed by atoms with E-state index in [4.69, 9.17) is 11.5 Å². The lowest BCUT2D eigenvalue weighted by molar-refractivity contribution is 0.552. The quantitative estimate of drug-likeness (QED) is 0.497. The molecule has 134 valence electrons. The Hall–Kier alpha value is -3.02. The molecule has 0 aliphatic rings. The van der Waals surface area contributed by atoms with Crippen molar-refractivity contribution in [2.75, 3.05) is 11.5 Å². The van der Waals surface area contributed by atoms with Crippen LogP contribution in [0.25, 0.3) is 22.1 Å². The van der Waals surface area contributed by atoms with Crippen molar-refractivity contribution in [3.05, 3.63) is 48.5 Å². The molecule has 4 rings (SSSR count). The average Bonchev–Trinajstić information content (AvgIpc) is 3.14. The summed E-state index contributed by atoms with van der Waals surface area (Å²) in [7, 11) is 0. The summed E-state index contributed by atoms with van der Waals surface area (Å²) in [6.45, 7) is 1.81. The number of aryl methyl sites for hydroxylation is 2. The summed E-state index contributed by atoms with van der Waals surface area (Å²) in [4.78, 5) is 8.83. The number of fused-ring (bicyclic) bond motifs is 2. The van der Waals surface area contributed by atoms with Gasteiger partial charge in [0.1, 0.15) is 0 Å². The van der Waals surface area contributed by atoms with Gasteiger partial charge >= 0.3 is 0 Å².